The Hall–Kier alpha value is -1.75. The maximum atomic E-state index is 12.2. The van der Waals surface area contributed by atoms with Crippen LogP contribution in [0.3, 0.4) is 0 Å². The van der Waals surface area contributed by atoms with Gasteiger partial charge >= 0.3 is 5.97 Å². The molecule has 1 fully saturated rings. The SMILES string of the molecule is O=C(O)CC[C@H]1CCCN(C(=O)COc2ccc(Cl)cc2)C1. The molecule has 0 saturated carbocycles. The molecule has 0 unspecified atom stereocenters. The molecule has 6 heteroatoms. The molecule has 1 N–H and O–H groups in total. The Morgan fingerprint density at radius 1 is 1.32 bits per heavy atom. The minimum Gasteiger partial charge on any atom is -0.484 e. The number of halogens is 1. The smallest absolute Gasteiger partial charge is 0.303 e. The van der Waals surface area contributed by atoms with Gasteiger partial charge in [0.15, 0.2) is 6.61 Å². The Morgan fingerprint density at radius 2 is 2.05 bits per heavy atom. The van der Waals surface area contributed by atoms with Gasteiger partial charge in [-0.1, -0.05) is 11.6 Å². The van der Waals surface area contributed by atoms with Crippen molar-refractivity contribution in [1.82, 2.24) is 4.90 Å². The highest BCUT2D eigenvalue weighted by Crippen LogP contribution is 2.21. The first-order valence-electron chi connectivity index (χ1n) is 7.42. The van der Waals surface area contributed by atoms with E-state index in [2.05, 4.69) is 0 Å². The number of piperidine rings is 1. The predicted molar refractivity (Wildman–Crippen MR) is 83.1 cm³/mol. The van der Waals surface area contributed by atoms with Crippen LogP contribution in [-0.4, -0.2) is 41.6 Å². The van der Waals surface area contributed by atoms with Crippen molar-refractivity contribution >= 4 is 23.5 Å². The van der Waals surface area contributed by atoms with Crippen LogP contribution in [0, 0.1) is 5.92 Å². The Balaban J connectivity index is 1.78. The fourth-order valence-corrected chi connectivity index (χ4v) is 2.75. The summed E-state index contributed by atoms with van der Waals surface area (Å²) in [5.74, 6) is 0.0333. The summed E-state index contributed by atoms with van der Waals surface area (Å²) >= 11 is 5.79. The molecule has 5 nitrogen and oxygen atoms in total. The average molecular weight is 326 g/mol. The molecule has 22 heavy (non-hydrogen) atoms. The number of hydrogen-bond acceptors (Lipinski definition) is 3. The molecular weight excluding hydrogens is 306 g/mol. The lowest BCUT2D eigenvalue weighted by atomic mass is 9.93. The fraction of sp³-hybridized carbons (Fsp3) is 0.500. The van der Waals surface area contributed by atoms with E-state index in [1.807, 2.05) is 0 Å². The zero-order valence-corrected chi connectivity index (χ0v) is 13.1. The highest BCUT2D eigenvalue weighted by Gasteiger charge is 2.24. The lowest BCUT2D eigenvalue weighted by Gasteiger charge is -2.32. The second kappa shape index (κ2) is 8.03. The van der Waals surface area contributed by atoms with Gasteiger partial charge in [0.2, 0.25) is 0 Å². The maximum Gasteiger partial charge on any atom is 0.303 e. The van der Waals surface area contributed by atoms with Crippen LogP contribution in [0.1, 0.15) is 25.7 Å². The highest BCUT2D eigenvalue weighted by atomic mass is 35.5. The average Bonchev–Trinajstić information content (AvgIpc) is 2.52. The summed E-state index contributed by atoms with van der Waals surface area (Å²) in [6, 6.07) is 6.87. The summed E-state index contributed by atoms with van der Waals surface area (Å²) in [4.78, 5) is 24.6. The van der Waals surface area contributed by atoms with Crippen LogP contribution in [0.4, 0.5) is 0 Å². The number of nitrogens with zero attached hydrogens (tertiary/aromatic N) is 1. The Morgan fingerprint density at radius 3 is 2.73 bits per heavy atom. The minimum absolute atomic E-state index is 0.00666. The second-order valence-electron chi connectivity index (χ2n) is 5.52. The van der Waals surface area contributed by atoms with Crippen molar-refractivity contribution in [2.75, 3.05) is 19.7 Å². The number of carboxylic acids is 1. The molecular formula is C16H20ClNO4. The zero-order chi connectivity index (χ0) is 15.9. The zero-order valence-electron chi connectivity index (χ0n) is 12.3. The summed E-state index contributed by atoms with van der Waals surface area (Å²) in [6.45, 7) is 1.33. The van der Waals surface area contributed by atoms with Gasteiger partial charge in [-0.25, -0.2) is 0 Å². The summed E-state index contributed by atoms with van der Waals surface area (Å²) in [6.07, 6.45) is 2.68. The van der Waals surface area contributed by atoms with Gasteiger partial charge in [0.25, 0.3) is 5.91 Å². The third kappa shape index (κ3) is 5.22. The van der Waals surface area contributed by atoms with Crippen molar-refractivity contribution in [3.63, 3.8) is 0 Å². The van der Waals surface area contributed by atoms with Gasteiger partial charge in [0.1, 0.15) is 5.75 Å². The van der Waals surface area contributed by atoms with Crippen molar-refractivity contribution in [1.29, 1.82) is 0 Å². The number of hydrogen-bond donors (Lipinski definition) is 1. The summed E-state index contributed by atoms with van der Waals surface area (Å²) in [5.41, 5.74) is 0. The first-order valence-corrected chi connectivity index (χ1v) is 7.80. The molecule has 1 aromatic rings. The van der Waals surface area contributed by atoms with Crippen LogP contribution < -0.4 is 4.74 Å². The molecule has 0 radical (unpaired) electrons. The molecule has 1 amide bonds. The van der Waals surface area contributed by atoms with Crippen molar-refractivity contribution in [3.8, 4) is 5.75 Å². The Bertz CT molecular complexity index is 517. The topological polar surface area (TPSA) is 66.8 Å². The van der Waals surface area contributed by atoms with E-state index in [9.17, 15) is 9.59 Å². The first-order chi connectivity index (χ1) is 10.5. The number of aliphatic carboxylic acids is 1. The molecule has 1 aliphatic rings. The van der Waals surface area contributed by atoms with E-state index in [4.69, 9.17) is 21.4 Å². The van der Waals surface area contributed by atoms with E-state index in [1.54, 1.807) is 29.2 Å². The number of carbonyl (C=O) groups is 2. The van der Waals surface area contributed by atoms with Gasteiger partial charge in [-0.05, 0) is 49.4 Å². The number of ether oxygens (including phenoxy) is 1. The lowest BCUT2D eigenvalue weighted by molar-refractivity contribution is -0.137. The fourth-order valence-electron chi connectivity index (χ4n) is 2.62. The van der Waals surface area contributed by atoms with Crippen LogP contribution in [0.25, 0.3) is 0 Å². The highest BCUT2D eigenvalue weighted by molar-refractivity contribution is 6.30. The van der Waals surface area contributed by atoms with E-state index in [0.717, 1.165) is 12.8 Å². The van der Waals surface area contributed by atoms with Crippen molar-refractivity contribution < 1.29 is 19.4 Å². The van der Waals surface area contributed by atoms with Crippen LogP contribution >= 0.6 is 11.6 Å². The molecule has 1 atom stereocenters. The number of benzene rings is 1. The quantitative estimate of drug-likeness (QED) is 0.873. The third-order valence-corrected chi connectivity index (χ3v) is 4.07. The van der Waals surface area contributed by atoms with Gasteiger partial charge in [0, 0.05) is 24.5 Å². The number of carboxylic acid groups (broad SMARTS) is 1. The van der Waals surface area contributed by atoms with Crippen LogP contribution in [0.2, 0.25) is 5.02 Å². The molecule has 0 spiro atoms. The van der Waals surface area contributed by atoms with Gasteiger partial charge < -0.3 is 14.7 Å². The number of amides is 1. The minimum atomic E-state index is -0.783. The van der Waals surface area contributed by atoms with Crippen molar-refractivity contribution in [2.24, 2.45) is 5.92 Å². The summed E-state index contributed by atoms with van der Waals surface area (Å²) in [5, 5.41) is 9.36. The number of likely N-dealkylation sites (tertiary alicyclic amines) is 1. The van der Waals surface area contributed by atoms with E-state index in [1.165, 1.54) is 0 Å². The molecule has 1 aromatic carbocycles. The summed E-state index contributed by atoms with van der Waals surface area (Å²) in [7, 11) is 0. The monoisotopic (exact) mass is 325 g/mol. The largest absolute Gasteiger partial charge is 0.484 e. The second-order valence-corrected chi connectivity index (χ2v) is 5.96. The molecule has 0 aromatic heterocycles. The van der Waals surface area contributed by atoms with Crippen LogP contribution in [0.5, 0.6) is 5.75 Å². The van der Waals surface area contributed by atoms with E-state index in [-0.39, 0.29) is 24.9 Å². The number of carbonyl (C=O) groups excluding carboxylic acids is 1. The molecule has 2 rings (SSSR count). The van der Waals surface area contributed by atoms with Crippen molar-refractivity contribution in [3.05, 3.63) is 29.3 Å². The van der Waals surface area contributed by atoms with Crippen molar-refractivity contribution in [2.45, 2.75) is 25.7 Å². The number of rotatable bonds is 6. The molecule has 1 heterocycles. The van der Waals surface area contributed by atoms with Gasteiger partial charge in [-0.15, -0.1) is 0 Å². The molecule has 1 aliphatic heterocycles. The van der Waals surface area contributed by atoms with Gasteiger partial charge in [0.05, 0.1) is 0 Å². The lowest BCUT2D eigenvalue weighted by Crippen LogP contribution is -2.42. The van der Waals surface area contributed by atoms with E-state index >= 15 is 0 Å². The predicted octanol–water partition coefficient (Wildman–Crippen LogP) is 2.82. The molecule has 0 aliphatic carbocycles. The maximum absolute atomic E-state index is 12.2. The van der Waals surface area contributed by atoms with Crippen LogP contribution in [-0.2, 0) is 9.59 Å². The normalized spacial score (nSPS) is 18.0. The standard InChI is InChI=1S/C16H20ClNO4/c17-13-4-6-14(7-5-13)22-11-15(19)18-9-1-2-12(10-18)3-8-16(20)21/h4-7,12H,1-3,8-11H2,(H,20,21)/t12-/m1/s1. The van der Waals surface area contributed by atoms with Gasteiger partial charge in [-0.3, -0.25) is 9.59 Å². The Labute approximate surface area is 134 Å². The molecule has 1 saturated heterocycles. The molecule has 120 valence electrons. The van der Waals surface area contributed by atoms with Crippen LogP contribution in [0.15, 0.2) is 24.3 Å². The third-order valence-electron chi connectivity index (χ3n) is 3.81. The first kappa shape index (κ1) is 16.6. The van der Waals surface area contributed by atoms with E-state index in [0.29, 0.717) is 30.3 Å². The van der Waals surface area contributed by atoms with Gasteiger partial charge in [-0.2, -0.15) is 0 Å². The van der Waals surface area contributed by atoms with E-state index < -0.39 is 5.97 Å². The summed E-state index contributed by atoms with van der Waals surface area (Å²) < 4.78 is 5.47. The Kier molecular flexibility index (Phi) is 6.07. The molecule has 0 bridgehead atoms.